The van der Waals surface area contributed by atoms with Gasteiger partial charge in [-0.15, -0.1) is 0 Å². The molecule has 0 saturated heterocycles. The Labute approximate surface area is 173 Å². The van der Waals surface area contributed by atoms with Crippen LogP contribution in [-0.4, -0.2) is 5.11 Å². The first-order valence-corrected chi connectivity index (χ1v) is 9.98. The Morgan fingerprint density at radius 1 is 0.967 bits per heavy atom. The highest BCUT2D eigenvalue weighted by atomic mass is 16.4. The Balaban J connectivity index is 1.66. The largest absolute Gasteiger partial charge is 0.507 e. The molecule has 4 nitrogen and oxygen atoms in total. The fraction of sp³-hybridized carbons (Fsp3) is 0.154. The second-order valence-electron chi connectivity index (χ2n) is 7.77. The number of benzene rings is 3. The standard InChI is InChI=1S/C26H19NO3/c27-15-16-9-11-17(12-10-16)19-13-18-5-1-2-6-20(18)22(14-19)24-25(28)21-7-3-4-8-23(21)30-26(24)29/h1-12,19,22,28H,13-14H2. The number of aromatic hydroxyl groups is 1. The van der Waals surface area contributed by atoms with E-state index in [1.807, 2.05) is 48.5 Å². The maximum Gasteiger partial charge on any atom is 0.343 e. The van der Waals surface area contributed by atoms with E-state index in [0.717, 1.165) is 23.1 Å². The summed E-state index contributed by atoms with van der Waals surface area (Å²) in [5, 5.41) is 20.7. The van der Waals surface area contributed by atoms with Gasteiger partial charge in [-0.3, -0.25) is 0 Å². The van der Waals surface area contributed by atoms with Crippen molar-refractivity contribution < 1.29 is 9.52 Å². The Morgan fingerprint density at radius 3 is 2.50 bits per heavy atom. The molecule has 1 aliphatic rings. The fourth-order valence-corrected chi connectivity index (χ4v) is 4.63. The van der Waals surface area contributed by atoms with Gasteiger partial charge in [0.25, 0.3) is 0 Å². The monoisotopic (exact) mass is 393 g/mol. The predicted octanol–water partition coefficient (Wildman–Crippen LogP) is 5.23. The number of hydrogen-bond donors (Lipinski definition) is 1. The molecular weight excluding hydrogens is 374 g/mol. The van der Waals surface area contributed by atoms with E-state index in [2.05, 4.69) is 12.1 Å². The molecular formula is C26H19NO3. The Morgan fingerprint density at radius 2 is 1.70 bits per heavy atom. The second kappa shape index (κ2) is 7.20. The zero-order valence-electron chi connectivity index (χ0n) is 16.2. The molecule has 0 aliphatic heterocycles. The first kappa shape index (κ1) is 18.2. The maximum atomic E-state index is 12.9. The lowest BCUT2D eigenvalue weighted by atomic mass is 9.72. The minimum atomic E-state index is -0.494. The van der Waals surface area contributed by atoms with Gasteiger partial charge < -0.3 is 9.52 Å². The molecule has 0 saturated carbocycles. The SMILES string of the molecule is N#Cc1ccc(C2Cc3ccccc3C(c3c(O)c4ccccc4oc3=O)C2)cc1. The van der Waals surface area contributed by atoms with Crippen molar-refractivity contribution >= 4 is 11.0 Å². The zero-order chi connectivity index (χ0) is 20.7. The zero-order valence-corrected chi connectivity index (χ0v) is 16.2. The molecule has 146 valence electrons. The number of nitriles is 1. The summed E-state index contributed by atoms with van der Waals surface area (Å²) >= 11 is 0. The normalized spacial score (nSPS) is 18.0. The van der Waals surface area contributed by atoms with Gasteiger partial charge in [0.1, 0.15) is 11.3 Å². The van der Waals surface area contributed by atoms with E-state index in [0.29, 0.717) is 28.5 Å². The van der Waals surface area contributed by atoms with Gasteiger partial charge in [-0.05, 0) is 59.7 Å². The highest BCUT2D eigenvalue weighted by Crippen LogP contribution is 2.45. The fourth-order valence-electron chi connectivity index (χ4n) is 4.63. The first-order chi connectivity index (χ1) is 14.7. The molecule has 1 aliphatic carbocycles. The van der Waals surface area contributed by atoms with Crippen molar-refractivity contribution in [1.82, 2.24) is 0 Å². The van der Waals surface area contributed by atoms with Crippen LogP contribution in [0.2, 0.25) is 0 Å². The van der Waals surface area contributed by atoms with Crippen molar-refractivity contribution in [1.29, 1.82) is 5.26 Å². The summed E-state index contributed by atoms with van der Waals surface area (Å²) in [7, 11) is 0. The molecule has 2 unspecified atom stereocenters. The molecule has 5 rings (SSSR count). The number of fused-ring (bicyclic) bond motifs is 2. The van der Waals surface area contributed by atoms with Crippen LogP contribution in [0.5, 0.6) is 5.75 Å². The number of hydrogen-bond acceptors (Lipinski definition) is 4. The quantitative estimate of drug-likeness (QED) is 0.473. The van der Waals surface area contributed by atoms with Crippen LogP contribution < -0.4 is 5.63 Å². The van der Waals surface area contributed by atoms with Crippen LogP contribution in [0.4, 0.5) is 0 Å². The van der Waals surface area contributed by atoms with Crippen LogP contribution in [0, 0.1) is 11.3 Å². The second-order valence-corrected chi connectivity index (χ2v) is 7.77. The van der Waals surface area contributed by atoms with E-state index in [-0.39, 0.29) is 17.6 Å². The van der Waals surface area contributed by atoms with Gasteiger partial charge in [-0.1, -0.05) is 48.5 Å². The maximum absolute atomic E-state index is 12.9. The van der Waals surface area contributed by atoms with Crippen LogP contribution in [-0.2, 0) is 6.42 Å². The molecule has 4 aromatic rings. The summed E-state index contributed by atoms with van der Waals surface area (Å²) in [4.78, 5) is 12.9. The third kappa shape index (κ3) is 2.96. The Kier molecular flexibility index (Phi) is 4.37. The lowest BCUT2D eigenvalue weighted by Gasteiger charge is -2.32. The van der Waals surface area contributed by atoms with Crippen molar-refractivity contribution in [2.75, 3.05) is 0 Å². The molecule has 0 radical (unpaired) electrons. The van der Waals surface area contributed by atoms with Gasteiger partial charge in [0.2, 0.25) is 0 Å². The molecule has 3 aromatic carbocycles. The molecule has 0 fully saturated rings. The highest BCUT2D eigenvalue weighted by Gasteiger charge is 2.33. The van der Waals surface area contributed by atoms with E-state index in [9.17, 15) is 9.90 Å². The smallest absolute Gasteiger partial charge is 0.343 e. The summed E-state index contributed by atoms with van der Waals surface area (Å²) in [5.41, 5.74) is 4.18. The molecule has 0 spiro atoms. The lowest BCUT2D eigenvalue weighted by molar-refractivity contribution is 0.437. The summed E-state index contributed by atoms with van der Waals surface area (Å²) in [6.07, 6.45) is 1.53. The van der Waals surface area contributed by atoms with Gasteiger partial charge in [0.15, 0.2) is 0 Å². The number of nitrogens with zero attached hydrogens (tertiary/aromatic N) is 1. The third-order valence-electron chi connectivity index (χ3n) is 6.10. The van der Waals surface area contributed by atoms with Gasteiger partial charge >= 0.3 is 5.63 Å². The van der Waals surface area contributed by atoms with Crippen LogP contribution in [0.15, 0.2) is 82.0 Å². The van der Waals surface area contributed by atoms with E-state index >= 15 is 0 Å². The molecule has 1 N–H and O–H groups in total. The first-order valence-electron chi connectivity index (χ1n) is 9.98. The minimum absolute atomic E-state index is 0.00197. The molecule has 1 heterocycles. The Hall–Kier alpha value is -3.84. The van der Waals surface area contributed by atoms with Gasteiger partial charge in [0, 0.05) is 5.92 Å². The van der Waals surface area contributed by atoms with Gasteiger partial charge in [-0.2, -0.15) is 5.26 Å². The van der Waals surface area contributed by atoms with Crippen molar-refractivity contribution in [3.63, 3.8) is 0 Å². The van der Waals surface area contributed by atoms with Crippen molar-refractivity contribution in [2.45, 2.75) is 24.7 Å². The van der Waals surface area contributed by atoms with Gasteiger partial charge in [0.05, 0.1) is 22.6 Å². The van der Waals surface area contributed by atoms with E-state index in [1.165, 1.54) is 0 Å². The molecule has 1 aromatic heterocycles. The summed E-state index contributed by atoms with van der Waals surface area (Å²) in [6, 6.07) is 24.9. The van der Waals surface area contributed by atoms with Gasteiger partial charge in [-0.25, -0.2) is 4.79 Å². The van der Waals surface area contributed by atoms with Crippen molar-refractivity contribution in [3.8, 4) is 11.8 Å². The number of rotatable bonds is 2. The van der Waals surface area contributed by atoms with Crippen LogP contribution in [0.3, 0.4) is 0 Å². The van der Waals surface area contributed by atoms with Crippen molar-refractivity contribution in [3.05, 3.63) is 111 Å². The highest BCUT2D eigenvalue weighted by molar-refractivity contribution is 5.84. The molecule has 0 bridgehead atoms. The summed E-state index contributed by atoms with van der Waals surface area (Å²) in [6.45, 7) is 0. The molecule has 2 atom stereocenters. The van der Waals surface area contributed by atoms with Crippen LogP contribution in [0.25, 0.3) is 11.0 Å². The Bertz CT molecular complexity index is 1350. The van der Waals surface area contributed by atoms with Crippen LogP contribution >= 0.6 is 0 Å². The number of para-hydroxylation sites is 1. The van der Waals surface area contributed by atoms with Crippen molar-refractivity contribution in [2.24, 2.45) is 0 Å². The summed E-state index contributed by atoms with van der Waals surface area (Å²) < 4.78 is 5.56. The van der Waals surface area contributed by atoms with Crippen LogP contribution in [0.1, 0.15) is 46.1 Å². The average Bonchev–Trinajstić information content (AvgIpc) is 2.79. The summed E-state index contributed by atoms with van der Waals surface area (Å²) in [5.74, 6) is -0.0958. The van der Waals surface area contributed by atoms with E-state index < -0.39 is 5.63 Å². The predicted molar refractivity (Wildman–Crippen MR) is 115 cm³/mol. The third-order valence-corrected chi connectivity index (χ3v) is 6.10. The molecule has 4 heteroatoms. The average molecular weight is 393 g/mol. The lowest BCUT2D eigenvalue weighted by Crippen LogP contribution is -2.23. The van der Waals surface area contributed by atoms with E-state index in [1.54, 1.807) is 18.2 Å². The molecule has 0 amide bonds. The minimum Gasteiger partial charge on any atom is -0.507 e. The topological polar surface area (TPSA) is 74.2 Å². The van der Waals surface area contributed by atoms with E-state index in [4.69, 9.17) is 9.68 Å². The molecule has 30 heavy (non-hydrogen) atoms.